The van der Waals surface area contributed by atoms with E-state index in [2.05, 4.69) is 11.0 Å². The van der Waals surface area contributed by atoms with Crippen LogP contribution < -0.4 is 15.2 Å². The van der Waals surface area contributed by atoms with Crippen LogP contribution in [0.4, 0.5) is 0 Å². The van der Waals surface area contributed by atoms with Crippen molar-refractivity contribution in [3.8, 4) is 11.5 Å². The Kier molecular flexibility index (Phi) is 5.99. The second kappa shape index (κ2) is 7.54. The standard InChI is InChI=1S/C15H21ClN2O2.ClH/c16-13-8-11(10-18-4-2-12(17)3-5-18)9-14-15(13)20-7-1-6-19-14;/h8-9,12H,1-7,10,17H2;1H. The van der Waals surface area contributed by atoms with Crippen LogP contribution in [0.25, 0.3) is 0 Å². The number of benzene rings is 1. The van der Waals surface area contributed by atoms with Gasteiger partial charge in [-0.2, -0.15) is 0 Å². The maximum absolute atomic E-state index is 6.32. The molecule has 118 valence electrons. The molecule has 1 fully saturated rings. The second-order valence-corrected chi connectivity index (χ2v) is 5.98. The molecule has 3 rings (SSSR count). The summed E-state index contributed by atoms with van der Waals surface area (Å²) < 4.78 is 11.4. The van der Waals surface area contributed by atoms with Crippen molar-refractivity contribution < 1.29 is 9.47 Å². The van der Waals surface area contributed by atoms with Gasteiger partial charge < -0.3 is 15.2 Å². The topological polar surface area (TPSA) is 47.7 Å². The highest BCUT2D eigenvalue weighted by molar-refractivity contribution is 6.32. The van der Waals surface area contributed by atoms with Crippen LogP contribution in [0.15, 0.2) is 12.1 Å². The van der Waals surface area contributed by atoms with Crippen molar-refractivity contribution >= 4 is 24.0 Å². The van der Waals surface area contributed by atoms with Crippen LogP contribution in [-0.2, 0) is 6.54 Å². The third-order valence-corrected chi connectivity index (χ3v) is 4.18. The summed E-state index contributed by atoms with van der Waals surface area (Å²) in [5.74, 6) is 1.47. The fourth-order valence-corrected chi connectivity index (χ4v) is 3.03. The molecule has 0 amide bonds. The molecule has 6 heteroatoms. The number of nitrogens with zero attached hydrogens (tertiary/aromatic N) is 1. The van der Waals surface area contributed by atoms with Gasteiger partial charge in [-0.25, -0.2) is 0 Å². The van der Waals surface area contributed by atoms with Gasteiger partial charge in [0.1, 0.15) is 0 Å². The Bertz CT molecular complexity index is 477. The van der Waals surface area contributed by atoms with Gasteiger partial charge in [0.25, 0.3) is 0 Å². The average Bonchev–Trinajstić information content (AvgIpc) is 2.67. The summed E-state index contributed by atoms with van der Waals surface area (Å²) in [7, 11) is 0. The van der Waals surface area contributed by atoms with Crippen molar-refractivity contribution in [1.29, 1.82) is 0 Å². The monoisotopic (exact) mass is 332 g/mol. The largest absolute Gasteiger partial charge is 0.489 e. The molecule has 1 aromatic rings. The van der Waals surface area contributed by atoms with Gasteiger partial charge in [-0.3, -0.25) is 4.90 Å². The number of likely N-dealkylation sites (tertiary alicyclic amines) is 1. The minimum atomic E-state index is 0. The van der Waals surface area contributed by atoms with Gasteiger partial charge in [-0.1, -0.05) is 11.6 Å². The SMILES string of the molecule is Cl.NC1CCN(Cc2cc(Cl)c3c(c2)OCCCO3)CC1. The molecular formula is C15H22Cl2N2O2. The molecule has 0 unspecified atom stereocenters. The lowest BCUT2D eigenvalue weighted by atomic mass is 10.1. The quantitative estimate of drug-likeness (QED) is 0.904. The third-order valence-electron chi connectivity index (χ3n) is 3.90. The van der Waals surface area contributed by atoms with Crippen LogP contribution in [0.2, 0.25) is 5.02 Å². The van der Waals surface area contributed by atoms with Crippen LogP contribution in [-0.4, -0.2) is 37.2 Å². The lowest BCUT2D eigenvalue weighted by molar-refractivity contribution is 0.205. The lowest BCUT2D eigenvalue weighted by Crippen LogP contribution is -2.39. The molecule has 0 saturated carbocycles. The zero-order valence-electron chi connectivity index (χ0n) is 12.0. The predicted octanol–water partition coefficient (Wildman–Crippen LogP) is 2.85. The van der Waals surface area contributed by atoms with E-state index in [4.69, 9.17) is 26.8 Å². The Morgan fingerprint density at radius 3 is 2.67 bits per heavy atom. The molecule has 0 radical (unpaired) electrons. The predicted molar refractivity (Wildman–Crippen MR) is 86.8 cm³/mol. The van der Waals surface area contributed by atoms with Crippen molar-refractivity contribution in [1.82, 2.24) is 4.90 Å². The van der Waals surface area contributed by atoms with Crippen LogP contribution in [0.1, 0.15) is 24.8 Å². The average molecular weight is 333 g/mol. The molecule has 21 heavy (non-hydrogen) atoms. The number of ether oxygens (including phenoxy) is 2. The van der Waals surface area contributed by atoms with E-state index in [1.807, 2.05) is 6.07 Å². The number of hydrogen-bond acceptors (Lipinski definition) is 4. The van der Waals surface area contributed by atoms with Crippen LogP contribution in [0.5, 0.6) is 11.5 Å². The van der Waals surface area contributed by atoms with Crippen LogP contribution >= 0.6 is 24.0 Å². The first-order chi connectivity index (χ1) is 9.72. The highest BCUT2D eigenvalue weighted by Gasteiger charge is 2.19. The summed E-state index contributed by atoms with van der Waals surface area (Å²) >= 11 is 6.32. The second-order valence-electron chi connectivity index (χ2n) is 5.57. The minimum Gasteiger partial charge on any atom is -0.489 e. The number of hydrogen-bond donors (Lipinski definition) is 1. The first-order valence-electron chi connectivity index (χ1n) is 7.28. The van der Waals surface area contributed by atoms with Crippen molar-refractivity contribution in [2.24, 2.45) is 5.73 Å². The first kappa shape index (κ1) is 16.7. The number of nitrogens with two attached hydrogens (primary N) is 1. The van der Waals surface area contributed by atoms with E-state index in [1.54, 1.807) is 0 Å². The Balaban J connectivity index is 0.00000161. The normalized spacial score (nSPS) is 19.7. The molecule has 0 aromatic heterocycles. The molecule has 0 bridgehead atoms. The molecule has 0 aliphatic carbocycles. The Labute approximate surface area is 136 Å². The van der Waals surface area contributed by atoms with Crippen molar-refractivity contribution in [2.75, 3.05) is 26.3 Å². The fourth-order valence-electron chi connectivity index (χ4n) is 2.74. The minimum absolute atomic E-state index is 0. The summed E-state index contributed by atoms with van der Waals surface area (Å²) in [5, 5.41) is 0.646. The zero-order chi connectivity index (χ0) is 13.9. The molecule has 0 spiro atoms. The molecule has 2 aliphatic heterocycles. The molecule has 0 atom stereocenters. The van der Waals surface area contributed by atoms with E-state index < -0.39 is 0 Å². The Morgan fingerprint density at radius 1 is 1.19 bits per heavy atom. The van der Waals surface area contributed by atoms with E-state index in [0.29, 0.717) is 30.0 Å². The molecule has 4 nitrogen and oxygen atoms in total. The Morgan fingerprint density at radius 2 is 1.90 bits per heavy atom. The molecule has 1 saturated heterocycles. The maximum atomic E-state index is 6.32. The smallest absolute Gasteiger partial charge is 0.179 e. The van der Waals surface area contributed by atoms with E-state index in [9.17, 15) is 0 Å². The molecule has 2 aliphatic rings. The number of piperidine rings is 1. The summed E-state index contributed by atoms with van der Waals surface area (Å²) in [6, 6.07) is 4.41. The summed E-state index contributed by atoms with van der Waals surface area (Å²) in [4.78, 5) is 2.42. The molecule has 2 N–H and O–H groups in total. The van der Waals surface area contributed by atoms with E-state index in [1.165, 1.54) is 5.56 Å². The van der Waals surface area contributed by atoms with Crippen molar-refractivity contribution in [3.63, 3.8) is 0 Å². The van der Waals surface area contributed by atoms with E-state index in [-0.39, 0.29) is 12.4 Å². The van der Waals surface area contributed by atoms with Gasteiger partial charge >= 0.3 is 0 Å². The van der Waals surface area contributed by atoms with Crippen molar-refractivity contribution in [2.45, 2.75) is 31.8 Å². The highest BCUT2D eigenvalue weighted by atomic mass is 35.5. The van der Waals surface area contributed by atoms with Crippen molar-refractivity contribution in [3.05, 3.63) is 22.7 Å². The molecular weight excluding hydrogens is 311 g/mol. The fraction of sp³-hybridized carbons (Fsp3) is 0.600. The third kappa shape index (κ3) is 4.16. The van der Waals surface area contributed by atoms with E-state index in [0.717, 1.165) is 44.6 Å². The van der Waals surface area contributed by atoms with Gasteiger partial charge in [0.15, 0.2) is 11.5 Å². The van der Waals surface area contributed by atoms with Gasteiger partial charge in [-0.05, 0) is 43.6 Å². The molecule has 2 heterocycles. The van der Waals surface area contributed by atoms with E-state index >= 15 is 0 Å². The van der Waals surface area contributed by atoms with Gasteiger partial charge in [-0.15, -0.1) is 12.4 Å². The van der Waals surface area contributed by atoms with Crippen LogP contribution in [0.3, 0.4) is 0 Å². The zero-order valence-corrected chi connectivity index (χ0v) is 13.6. The highest BCUT2D eigenvalue weighted by Crippen LogP contribution is 2.38. The summed E-state index contributed by atoms with van der Waals surface area (Å²) in [6.45, 7) is 4.34. The summed E-state index contributed by atoms with van der Waals surface area (Å²) in [5.41, 5.74) is 7.11. The number of fused-ring (bicyclic) bond motifs is 1. The first-order valence-corrected chi connectivity index (χ1v) is 7.66. The van der Waals surface area contributed by atoms with Gasteiger partial charge in [0, 0.05) is 19.0 Å². The van der Waals surface area contributed by atoms with Crippen LogP contribution in [0, 0.1) is 0 Å². The Hall–Kier alpha value is -0.680. The van der Waals surface area contributed by atoms with Gasteiger partial charge in [0.2, 0.25) is 0 Å². The lowest BCUT2D eigenvalue weighted by Gasteiger charge is -2.30. The maximum Gasteiger partial charge on any atom is 0.179 e. The molecule has 1 aromatic carbocycles. The van der Waals surface area contributed by atoms with Gasteiger partial charge in [0.05, 0.1) is 18.2 Å². The number of rotatable bonds is 2. The summed E-state index contributed by atoms with van der Waals surface area (Å²) in [6.07, 6.45) is 3.03. The number of halogens is 2.